The normalized spacial score (nSPS) is 15.1. The molecule has 96 valence electrons. The van der Waals surface area contributed by atoms with Gasteiger partial charge in [-0.25, -0.2) is 0 Å². The van der Waals surface area contributed by atoms with Crippen molar-refractivity contribution in [1.82, 2.24) is 15.5 Å². The summed E-state index contributed by atoms with van der Waals surface area (Å²) in [6.45, 7) is 1.05. The third-order valence-corrected chi connectivity index (χ3v) is 3.75. The number of hydrogen-bond donors (Lipinski definition) is 1. The first-order chi connectivity index (χ1) is 8.90. The molecule has 0 saturated heterocycles. The van der Waals surface area contributed by atoms with E-state index in [4.69, 9.17) is 4.42 Å². The van der Waals surface area contributed by atoms with Crippen molar-refractivity contribution in [1.29, 1.82) is 0 Å². The topological polar surface area (TPSA) is 51.0 Å². The summed E-state index contributed by atoms with van der Waals surface area (Å²) in [5.74, 6) is 1.48. The molecular weight excluding hydrogens is 246 g/mol. The van der Waals surface area contributed by atoms with E-state index in [1.165, 1.54) is 18.4 Å². The fourth-order valence-corrected chi connectivity index (χ4v) is 2.53. The molecule has 1 N–H and O–H groups in total. The van der Waals surface area contributed by atoms with Crippen LogP contribution in [0.15, 0.2) is 21.2 Å². The highest BCUT2D eigenvalue weighted by molar-refractivity contribution is 7.07. The monoisotopic (exact) mass is 263 g/mol. The average molecular weight is 263 g/mol. The second kappa shape index (κ2) is 5.63. The van der Waals surface area contributed by atoms with Gasteiger partial charge in [-0.2, -0.15) is 11.3 Å². The van der Waals surface area contributed by atoms with Gasteiger partial charge < -0.3 is 9.73 Å². The van der Waals surface area contributed by atoms with Gasteiger partial charge in [-0.1, -0.05) is 0 Å². The molecule has 1 aliphatic carbocycles. The van der Waals surface area contributed by atoms with Crippen molar-refractivity contribution in [3.63, 3.8) is 0 Å². The largest absolute Gasteiger partial charge is 0.425 e. The first-order valence-corrected chi connectivity index (χ1v) is 7.40. The third-order valence-electron chi connectivity index (χ3n) is 3.02. The quantitative estimate of drug-likeness (QED) is 0.779. The highest BCUT2D eigenvalue weighted by Crippen LogP contribution is 2.18. The van der Waals surface area contributed by atoms with E-state index >= 15 is 0 Å². The van der Waals surface area contributed by atoms with Crippen LogP contribution in [0.5, 0.6) is 0 Å². The maximum atomic E-state index is 5.63. The van der Waals surface area contributed by atoms with Crippen molar-refractivity contribution < 1.29 is 4.42 Å². The second-order valence-electron chi connectivity index (χ2n) is 4.73. The molecule has 3 rings (SSSR count). The number of rotatable bonds is 7. The van der Waals surface area contributed by atoms with E-state index in [9.17, 15) is 0 Å². The molecule has 2 aromatic rings. The molecule has 0 radical (unpaired) electrons. The molecule has 4 nitrogen and oxygen atoms in total. The van der Waals surface area contributed by atoms with Gasteiger partial charge in [0.25, 0.3) is 0 Å². The summed E-state index contributed by atoms with van der Waals surface area (Å²) >= 11 is 1.69. The summed E-state index contributed by atoms with van der Waals surface area (Å²) in [6.07, 6.45) is 5.36. The summed E-state index contributed by atoms with van der Waals surface area (Å²) in [7, 11) is 0. The first-order valence-electron chi connectivity index (χ1n) is 6.46. The van der Waals surface area contributed by atoms with Crippen molar-refractivity contribution in [2.24, 2.45) is 0 Å². The zero-order valence-electron chi connectivity index (χ0n) is 10.3. The lowest BCUT2D eigenvalue weighted by Gasteiger charge is -1.99. The van der Waals surface area contributed by atoms with Gasteiger partial charge in [0.1, 0.15) is 0 Å². The second-order valence-corrected chi connectivity index (χ2v) is 5.51. The number of aryl methyl sites for hydroxylation is 1. The fraction of sp³-hybridized carbons (Fsp3) is 0.538. The van der Waals surface area contributed by atoms with E-state index in [-0.39, 0.29) is 0 Å². The standard InChI is InChI=1S/C13H17N3OS/c1(6-14-11-3-4-11)2-12-15-16-13(17-12)8-10-5-7-18-9-10/h5,7,9,11,14H,1-4,6,8H2. The molecule has 1 saturated carbocycles. The van der Waals surface area contributed by atoms with Crippen molar-refractivity contribution >= 4 is 11.3 Å². The molecule has 1 fully saturated rings. The van der Waals surface area contributed by atoms with Gasteiger partial charge in [0.2, 0.25) is 11.8 Å². The Balaban J connectivity index is 1.43. The predicted molar refractivity (Wildman–Crippen MR) is 70.8 cm³/mol. The molecule has 0 bridgehead atoms. The Kier molecular flexibility index (Phi) is 3.71. The molecule has 0 spiro atoms. The highest BCUT2D eigenvalue weighted by Gasteiger charge is 2.19. The molecule has 0 unspecified atom stereocenters. The Bertz CT molecular complexity index is 476. The van der Waals surface area contributed by atoms with E-state index in [0.29, 0.717) is 0 Å². The lowest BCUT2D eigenvalue weighted by molar-refractivity contribution is 0.449. The Hall–Kier alpha value is -1.20. The number of thiophene rings is 1. The highest BCUT2D eigenvalue weighted by atomic mass is 32.1. The van der Waals surface area contributed by atoms with E-state index in [0.717, 1.165) is 43.6 Å². The van der Waals surface area contributed by atoms with Gasteiger partial charge in [-0.3, -0.25) is 0 Å². The summed E-state index contributed by atoms with van der Waals surface area (Å²) in [6, 6.07) is 2.87. The van der Waals surface area contributed by atoms with E-state index < -0.39 is 0 Å². The Morgan fingerprint density at radius 1 is 1.33 bits per heavy atom. The number of aromatic nitrogens is 2. The van der Waals surface area contributed by atoms with Crippen LogP contribution in [0.2, 0.25) is 0 Å². The summed E-state index contributed by atoms with van der Waals surface area (Å²) in [5, 5.41) is 15.8. The van der Waals surface area contributed by atoms with Crippen molar-refractivity contribution in [3.8, 4) is 0 Å². The van der Waals surface area contributed by atoms with Gasteiger partial charge in [0.05, 0.1) is 6.42 Å². The molecule has 1 aliphatic rings. The smallest absolute Gasteiger partial charge is 0.220 e. The van der Waals surface area contributed by atoms with Crippen molar-refractivity contribution in [2.75, 3.05) is 6.54 Å². The van der Waals surface area contributed by atoms with Gasteiger partial charge in [0, 0.05) is 12.5 Å². The molecule has 0 atom stereocenters. The lowest BCUT2D eigenvalue weighted by Crippen LogP contribution is -2.17. The van der Waals surface area contributed by atoms with Crippen LogP contribution in [0.3, 0.4) is 0 Å². The zero-order valence-corrected chi connectivity index (χ0v) is 11.1. The molecule has 18 heavy (non-hydrogen) atoms. The molecule has 5 heteroatoms. The molecule has 0 aliphatic heterocycles. The number of nitrogens with one attached hydrogen (secondary N) is 1. The number of nitrogens with zero attached hydrogens (tertiary/aromatic N) is 2. The van der Waals surface area contributed by atoms with Gasteiger partial charge >= 0.3 is 0 Å². The number of hydrogen-bond acceptors (Lipinski definition) is 5. The van der Waals surface area contributed by atoms with Crippen LogP contribution in [0, 0.1) is 0 Å². The third kappa shape index (κ3) is 3.40. The molecule has 0 amide bonds. The van der Waals surface area contributed by atoms with Crippen LogP contribution < -0.4 is 5.32 Å². The summed E-state index contributed by atoms with van der Waals surface area (Å²) in [5.41, 5.74) is 1.24. The Labute approximate surface area is 110 Å². The SMILES string of the molecule is c1cc(Cc2nnc(CCCNC3CC3)o2)cs1. The molecule has 2 heterocycles. The maximum absolute atomic E-state index is 5.63. The fourth-order valence-electron chi connectivity index (χ4n) is 1.86. The Morgan fingerprint density at radius 3 is 3.00 bits per heavy atom. The van der Waals surface area contributed by atoms with E-state index in [1.54, 1.807) is 11.3 Å². The van der Waals surface area contributed by atoms with Gasteiger partial charge in [-0.15, -0.1) is 10.2 Å². The van der Waals surface area contributed by atoms with Crippen molar-refractivity contribution in [3.05, 3.63) is 34.2 Å². The minimum Gasteiger partial charge on any atom is -0.425 e. The lowest BCUT2D eigenvalue weighted by atomic mass is 10.2. The van der Waals surface area contributed by atoms with Crippen LogP contribution in [0.4, 0.5) is 0 Å². The molecule has 2 aromatic heterocycles. The van der Waals surface area contributed by atoms with Crippen LogP contribution in [0.1, 0.15) is 36.6 Å². The molecule has 0 aromatic carbocycles. The minimum absolute atomic E-state index is 0.721. The van der Waals surface area contributed by atoms with Crippen LogP contribution in [-0.4, -0.2) is 22.8 Å². The average Bonchev–Trinajstić information content (AvgIpc) is 2.88. The Morgan fingerprint density at radius 2 is 2.22 bits per heavy atom. The molecular formula is C13H17N3OS. The van der Waals surface area contributed by atoms with Crippen molar-refractivity contribution in [2.45, 2.75) is 38.1 Å². The minimum atomic E-state index is 0.721. The predicted octanol–water partition coefficient (Wildman–Crippen LogP) is 2.41. The summed E-state index contributed by atoms with van der Waals surface area (Å²) in [4.78, 5) is 0. The first kappa shape index (κ1) is 11.9. The summed E-state index contributed by atoms with van der Waals surface area (Å²) < 4.78 is 5.63. The van der Waals surface area contributed by atoms with Crippen LogP contribution >= 0.6 is 11.3 Å². The maximum Gasteiger partial charge on any atom is 0.220 e. The zero-order chi connectivity index (χ0) is 12.2. The van der Waals surface area contributed by atoms with E-state index in [2.05, 4.69) is 32.3 Å². The van der Waals surface area contributed by atoms with E-state index in [1.807, 2.05) is 0 Å². The van der Waals surface area contributed by atoms with Gasteiger partial charge in [-0.05, 0) is 48.2 Å². The van der Waals surface area contributed by atoms with Gasteiger partial charge in [0.15, 0.2) is 0 Å². The van der Waals surface area contributed by atoms with Crippen LogP contribution in [-0.2, 0) is 12.8 Å². The van der Waals surface area contributed by atoms with Crippen LogP contribution in [0.25, 0.3) is 0 Å².